The lowest BCUT2D eigenvalue weighted by molar-refractivity contribution is -0.144. The third-order valence-corrected chi connectivity index (χ3v) is 9.14. The van der Waals surface area contributed by atoms with Gasteiger partial charge < -0.3 is 29.5 Å². The number of aliphatic hydroxyl groups excluding tert-OH is 1. The van der Waals surface area contributed by atoms with Crippen LogP contribution in [0.3, 0.4) is 0 Å². The molecular weight excluding hydrogens is 608 g/mol. The summed E-state index contributed by atoms with van der Waals surface area (Å²) in [6.07, 6.45) is 0.926. The number of nitrogens with one attached hydrogen (secondary N) is 1. The van der Waals surface area contributed by atoms with Crippen molar-refractivity contribution in [3.05, 3.63) is 65.4 Å². The van der Waals surface area contributed by atoms with Crippen molar-refractivity contribution in [2.24, 2.45) is 5.92 Å². The van der Waals surface area contributed by atoms with Crippen molar-refractivity contribution >= 4 is 29.3 Å². The molecule has 2 saturated heterocycles. The first-order chi connectivity index (χ1) is 22.1. The summed E-state index contributed by atoms with van der Waals surface area (Å²) in [6.45, 7) is 2.43. The first-order valence-corrected chi connectivity index (χ1v) is 15.6. The number of oxazole rings is 1. The monoisotopic (exact) mass is 644 g/mol. The Morgan fingerprint density at radius 3 is 2.41 bits per heavy atom. The number of pyridine rings is 1. The lowest BCUT2D eigenvalue weighted by atomic mass is 9.85. The van der Waals surface area contributed by atoms with Gasteiger partial charge in [-0.15, -0.1) is 0 Å². The van der Waals surface area contributed by atoms with Crippen molar-refractivity contribution in [2.75, 3.05) is 54.4 Å². The maximum atomic E-state index is 13.9. The lowest BCUT2D eigenvalue weighted by Crippen LogP contribution is -2.53. The molecule has 3 aliphatic rings. The number of nitrogens with zero attached hydrogens (tertiary/aromatic N) is 5. The van der Waals surface area contributed by atoms with Crippen molar-refractivity contribution in [2.45, 2.75) is 56.7 Å². The SMILES string of the molecule is O=C(Nc1ccc(N2CCN(C(=O)C(O)C3CCCCC3)CC2)nc1)c1oc(N2CCC(c3cccc(F)c3)C2)nc1C(F)(F)F. The van der Waals surface area contributed by atoms with Gasteiger partial charge >= 0.3 is 6.18 Å². The van der Waals surface area contributed by atoms with Gasteiger partial charge in [0.15, 0.2) is 5.69 Å². The van der Waals surface area contributed by atoms with Crippen LogP contribution < -0.4 is 15.1 Å². The molecule has 4 heterocycles. The molecule has 1 aliphatic carbocycles. The van der Waals surface area contributed by atoms with Gasteiger partial charge in [0.2, 0.25) is 5.76 Å². The van der Waals surface area contributed by atoms with E-state index in [1.54, 1.807) is 23.1 Å². The summed E-state index contributed by atoms with van der Waals surface area (Å²) in [4.78, 5) is 39.0. The molecule has 2 unspecified atom stereocenters. The third kappa shape index (κ3) is 6.96. The highest BCUT2D eigenvalue weighted by Gasteiger charge is 2.43. The molecule has 6 rings (SSSR count). The molecular formula is C32H36F4N6O4. The Hall–Kier alpha value is -4.20. The summed E-state index contributed by atoms with van der Waals surface area (Å²) < 4.78 is 60.8. The minimum absolute atomic E-state index is 0.0128. The first kappa shape index (κ1) is 31.8. The zero-order valence-electron chi connectivity index (χ0n) is 25.2. The number of hydrogen-bond acceptors (Lipinski definition) is 8. The predicted molar refractivity (Wildman–Crippen MR) is 161 cm³/mol. The quantitative estimate of drug-likeness (QED) is 0.343. The van der Waals surface area contributed by atoms with Crippen molar-refractivity contribution in [3.8, 4) is 0 Å². The number of aromatic nitrogens is 2. The van der Waals surface area contributed by atoms with Crippen LogP contribution in [0.2, 0.25) is 0 Å². The van der Waals surface area contributed by atoms with E-state index in [-0.39, 0.29) is 36.0 Å². The molecule has 1 aromatic carbocycles. The fraction of sp³-hybridized carbons (Fsp3) is 0.500. The Labute approximate surface area is 263 Å². The number of amides is 2. The fourth-order valence-corrected chi connectivity index (χ4v) is 6.59. The molecule has 0 spiro atoms. The van der Waals surface area contributed by atoms with Crippen LogP contribution >= 0.6 is 0 Å². The average molecular weight is 645 g/mol. The van der Waals surface area contributed by atoms with Gasteiger partial charge in [0.05, 0.1) is 11.9 Å². The van der Waals surface area contributed by atoms with Crippen LogP contribution in [0.1, 0.15) is 66.3 Å². The standard InChI is InChI=1S/C32H36F4N6O4/c33-23-8-4-7-21(17-23)22-11-12-42(19-22)31-39-28(32(34,35)36)27(46-31)29(44)38-24-9-10-25(37-18-24)40-13-15-41(16-14-40)30(45)26(43)20-5-2-1-3-6-20/h4,7-10,17-18,20,22,26,43H,1-3,5-6,11-16,19H2,(H,38,44). The number of hydrogen-bond donors (Lipinski definition) is 2. The van der Waals surface area contributed by atoms with Gasteiger partial charge in [0, 0.05) is 45.2 Å². The highest BCUT2D eigenvalue weighted by molar-refractivity contribution is 6.03. The van der Waals surface area contributed by atoms with Crippen LogP contribution in [0.4, 0.5) is 35.1 Å². The molecule has 1 saturated carbocycles. The minimum Gasteiger partial charge on any atom is -0.417 e. The summed E-state index contributed by atoms with van der Waals surface area (Å²) in [5.74, 6) is -2.25. The zero-order valence-corrected chi connectivity index (χ0v) is 25.2. The zero-order chi connectivity index (χ0) is 32.4. The van der Waals surface area contributed by atoms with Crippen LogP contribution in [-0.4, -0.2) is 77.2 Å². The van der Waals surface area contributed by atoms with Crippen LogP contribution in [0.5, 0.6) is 0 Å². The average Bonchev–Trinajstić information content (AvgIpc) is 3.74. The molecule has 14 heteroatoms. The van der Waals surface area contributed by atoms with Gasteiger partial charge in [0.1, 0.15) is 17.7 Å². The number of aliphatic hydroxyl groups is 1. The summed E-state index contributed by atoms with van der Waals surface area (Å²) >= 11 is 0. The maximum absolute atomic E-state index is 13.9. The van der Waals surface area contributed by atoms with Gasteiger partial charge in [-0.3, -0.25) is 9.59 Å². The van der Waals surface area contributed by atoms with Crippen molar-refractivity contribution in [1.82, 2.24) is 14.9 Å². The smallest absolute Gasteiger partial charge is 0.417 e. The third-order valence-electron chi connectivity index (χ3n) is 9.14. The van der Waals surface area contributed by atoms with E-state index in [4.69, 9.17) is 4.42 Å². The summed E-state index contributed by atoms with van der Waals surface area (Å²) in [6, 6.07) is 8.90. The van der Waals surface area contributed by atoms with Crippen molar-refractivity contribution in [3.63, 3.8) is 0 Å². The number of carbonyl (C=O) groups is 2. The molecule has 2 atom stereocenters. The molecule has 0 radical (unpaired) electrons. The number of halogens is 4. The Balaban J connectivity index is 1.07. The molecule has 0 bridgehead atoms. The van der Waals surface area contributed by atoms with E-state index in [0.29, 0.717) is 45.0 Å². The summed E-state index contributed by atoms with van der Waals surface area (Å²) in [5.41, 5.74) is -0.542. The molecule has 3 aromatic rings. The molecule has 246 valence electrons. The highest BCUT2D eigenvalue weighted by Crippen LogP contribution is 2.37. The largest absolute Gasteiger partial charge is 0.437 e. The predicted octanol–water partition coefficient (Wildman–Crippen LogP) is 5.06. The molecule has 2 amide bonds. The van der Waals surface area contributed by atoms with E-state index in [9.17, 15) is 32.3 Å². The number of rotatable bonds is 7. The van der Waals surface area contributed by atoms with Crippen molar-refractivity contribution in [1.29, 1.82) is 0 Å². The molecule has 2 aromatic heterocycles. The van der Waals surface area contributed by atoms with Gasteiger partial charge in [0.25, 0.3) is 17.8 Å². The van der Waals surface area contributed by atoms with E-state index in [1.165, 1.54) is 29.3 Å². The first-order valence-electron chi connectivity index (χ1n) is 15.6. The van der Waals surface area contributed by atoms with Gasteiger partial charge in [-0.25, -0.2) is 9.37 Å². The maximum Gasteiger partial charge on any atom is 0.437 e. The van der Waals surface area contributed by atoms with Crippen molar-refractivity contribution < 1.29 is 36.7 Å². The highest BCUT2D eigenvalue weighted by atomic mass is 19.4. The number of carbonyl (C=O) groups excluding carboxylic acids is 2. The Kier molecular flexibility index (Phi) is 9.16. The minimum atomic E-state index is -4.94. The van der Waals surface area contributed by atoms with E-state index in [0.717, 1.165) is 37.7 Å². The number of alkyl halides is 3. The van der Waals surface area contributed by atoms with Crippen LogP contribution in [0.25, 0.3) is 0 Å². The van der Waals surface area contributed by atoms with Gasteiger partial charge in [-0.05, 0) is 55.0 Å². The number of piperazine rings is 1. The molecule has 2 aliphatic heterocycles. The van der Waals surface area contributed by atoms with E-state index >= 15 is 0 Å². The normalized spacial score (nSPS) is 20.2. The van der Waals surface area contributed by atoms with Crippen LogP contribution in [0.15, 0.2) is 47.0 Å². The fourth-order valence-electron chi connectivity index (χ4n) is 6.59. The van der Waals surface area contributed by atoms with E-state index < -0.39 is 35.5 Å². The Morgan fingerprint density at radius 2 is 1.74 bits per heavy atom. The molecule has 10 nitrogen and oxygen atoms in total. The molecule has 3 fully saturated rings. The molecule has 46 heavy (non-hydrogen) atoms. The van der Waals surface area contributed by atoms with Gasteiger partial charge in [-0.2, -0.15) is 18.2 Å². The summed E-state index contributed by atoms with van der Waals surface area (Å²) in [5, 5.41) is 13.0. The topological polar surface area (TPSA) is 115 Å². The van der Waals surface area contributed by atoms with E-state index in [1.807, 2.05) is 4.90 Å². The van der Waals surface area contributed by atoms with Gasteiger partial charge in [-0.1, -0.05) is 31.4 Å². The Bertz CT molecular complexity index is 1530. The van der Waals surface area contributed by atoms with Crippen LogP contribution in [-0.2, 0) is 11.0 Å². The lowest BCUT2D eigenvalue weighted by Gasteiger charge is -2.37. The second-order valence-electron chi connectivity index (χ2n) is 12.2. The summed E-state index contributed by atoms with van der Waals surface area (Å²) in [7, 11) is 0. The second-order valence-corrected chi connectivity index (χ2v) is 12.2. The van der Waals surface area contributed by atoms with Crippen LogP contribution in [0, 0.1) is 11.7 Å². The van der Waals surface area contributed by atoms with E-state index in [2.05, 4.69) is 15.3 Å². The number of benzene rings is 1. The molecule has 2 N–H and O–H groups in total. The second kappa shape index (κ2) is 13.3. The number of anilines is 3. The Morgan fingerprint density at radius 1 is 0.978 bits per heavy atom.